The van der Waals surface area contributed by atoms with Crippen molar-refractivity contribution in [3.05, 3.63) is 62.7 Å². The summed E-state index contributed by atoms with van der Waals surface area (Å²) in [7, 11) is 1.46. The van der Waals surface area contributed by atoms with Crippen molar-refractivity contribution >= 4 is 50.9 Å². The molecule has 0 bridgehead atoms. The second-order valence-electron chi connectivity index (χ2n) is 7.21. The van der Waals surface area contributed by atoms with Crippen LogP contribution in [0, 0.1) is 5.82 Å². The van der Waals surface area contributed by atoms with Gasteiger partial charge in [0.2, 0.25) is 0 Å². The van der Waals surface area contributed by atoms with Gasteiger partial charge >= 0.3 is 5.97 Å². The Morgan fingerprint density at radius 2 is 1.94 bits per heavy atom. The molecular weight excluding hydrogens is 517 g/mol. The van der Waals surface area contributed by atoms with Crippen LogP contribution < -0.4 is 9.47 Å². The first-order chi connectivity index (χ1) is 15.7. The molecule has 0 atom stereocenters. The first-order valence-electron chi connectivity index (χ1n) is 9.88. The summed E-state index contributed by atoms with van der Waals surface area (Å²) in [6.07, 6.45) is 1.17. The number of halogens is 2. The third-order valence-electron chi connectivity index (χ3n) is 4.44. The monoisotopic (exact) mass is 537 g/mol. The highest BCUT2D eigenvalue weighted by Gasteiger charge is 2.37. The number of nitrogens with zero attached hydrogens (tertiary/aromatic N) is 1. The molecule has 0 radical (unpaired) electrons. The van der Waals surface area contributed by atoms with E-state index in [1.807, 2.05) is 0 Å². The lowest BCUT2D eigenvalue weighted by atomic mass is 10.1. The molecule has 2 amide bonds. The molecule has 0 saturated carbocycles. The lowest BCUT2D eigenvalue weighted by molar-refractivity contribution is -0.149. The first-order valence-corrected chi connectivity index (χ1v) is 11.5. The number of carbonyl (C=O) groups is 3. The van der Waals surface area contributed by atoms with E-state index in [1.54, 1.807) is 44.2 Å². The molecule has 1 fully saturated rings. The lowest BCUT2D eigenvalue weighted by Crippen LogP contribution is -2.35. The molecule has 10 heteroatoms. The van der Waals surface area contributed by atoms with Crippen LogP contribution in [0.5, 0.6) is 11.5 Å². The van der Waals surface area contributed by atoms with E-state index in [1.165, 1.54) is 19.3 Å². The minimum atomic E-state index is -0.659. The Morgan fingerprint density at radius 1 is 1.21 bits per heavy atom. The van der Waals surface area contributed by atoms with Crippen molar-refractivity contribution in [2.75, 3.05) is 13.7 Å². The first kappa shape index (κ1) is 24.8. The van der Waals surface area contributed by atoms with E-state index in [-0.39, 0.29) is 23.4 Å². The molecule has 2 aromatic rings. The van der Waals surface area contributed by atoms with Gasteiger partial charge < -0.3 is 14.2 Å². The smallest absolute Gasteiger partial charge is 0.326 e. The third-order valence-corrected chi connectivity index (χ3v) is 6.03. The van der Waals surface area contributed by atoms with Crippen LogP contribution in [0.1, 0.15) is 25.0 Å². The number of ether oxygens (including phenoxy) is 3. The predicted octanol–water partition coefficient (Wildman–Crippen LogP) is 5.16. The summed E-state index contributed by atoms with van der Waals surface area (Å²) in [4.78, 5) is 37.8. The molecule has 1 saturated heterocycles. The fraction of sp³-hybridized carbons (Fsp3) is 0.261. The SMILES string of the molecule is COc1cc(/C=C2/SC(=O)N(CC(=O)OC(C)C)C2=O)c(Br)cc1OCc1ccccc1F. The van der Waals surface area contributed by atoms with Crippen molar-refractivity contribution in [2.24, 2.45) is 0 Å². The van der Waals surface area contributed by atoms with Gasteiger partial charge in [0, 0.05) is 10.0 Å². The number of esters is 1. The van der Waals surface area contributed by atoms with E-state index in [2.05, 4.69) is 15.9 Å². The number of methoxy groups -OCH3 is 1. The number of hydrogen-bond acceptors (Lipinski definition) is 7. The summed E-state index contributed by atoms with van der Waals surface area (Å²) in [6, 6.07) is 9.55. The molecule has 33 heavy (non-hydrogen) atoms. The third kappa shape index (κ3) is 6.14. The number of imide groups is 1. The molecule has 1 aliphatic rings. The number of amides is 2. The zero-order valence-corrected chi connectivity index (χ0v) is 20.5. The highest BCUT2D eigenvalue weighted by Crippen LogP contribution is 2.38. The molecule has 0 aromatic heterocycles. The van der Waals surface area contributed by atoms with Crippen LogP contribution in [0.2, 0.25) is 0 Å². The Hall–Kier alpha value is -2.85. The van der Waals surface area contributed by atoms with Crippen LogP contribution >= 0.6 is 27.7 Å². The maximum atomic E-state index is 13.9. The van der Waals surface area contributed by atoms with E-state index in [0.717, 1.165) is 16.7 Å². The average Bonchev–Trinajstić information content (AvgIpc) is 3.01. The number of thioether (sulfide) groups is 1. The van der Waals surface area contributed by atoms with Crippen molar-refractivity contribution in [2.45, 2.75) is 26.6 Å². The van der Waals surface area contributed by atoms with Crippen LogP contribution in [0.15, 0.2) is 45.8 Å². The molecule has 0 unspecified atom stereocenters. The van der Waals surface area contributed by atoms with Gasteiger partial charge in [-0.25, -0.2) is 4.39 Å². The Labute approximate surface area is 203 Å². The average molecular weight is 538 g/mol. The number of hydrogen-bond donors (Lipinski definition) is 0. The van der Waals surface area contributed by atoms with Crippen molar-refractivity contribution in [1.82, 2.24) is 4.90 Å². The maximum absolute atomic E-state index is 13.9. The van der Waals surface area contributed by atoms with Crippen molar-refractivity contribution < 1.29 is 33.0 Å². The van der Waals surface area contributed by atoms with Gasteiger partial charge in [-0.3, -0.25) is 19.3 Å². The van der Waals surface area contributed by atoms with Crippen molar-refractivity contribution in [3.63, 3.8) is 0 Å². The Morgan fingerprint density at radius 3 is 2.61 bits per heavy atom. The summed E-state index contributed by atoms with van der Waals surface area (Å²) in [5.74, 6) is -0.890. The summed E-state index contributed by atoms with van der Waals surface area (Å²) in [5, 5.41) is -0.556. The van der Waals surface area contributed by atoms with E-state index in [9.17, 15) is 18.8 Å². The molecule has 2 aromatic carbocycles. The van der Waals surface area contributed by atoms with Gasteiger partial charge in [0.05, 0.1) is 18.1 Å². The summed E-state index contributed by atoms with van der Waals surface area (Å²) in [5.41, 5.74) is 0.949. The zero-order chi connectivity index (χ0) is 24.1. The van der Waals surface area contributed by atoms with Crippen molar-refractivity contribution in [1.29, 1.82) is 0 Å². The minimum Gasteiger partial charge on any atom is -0.493 e. The molecule has 0 N–H and O–H groups in total. The Bertz CT molecular complexity index is 1120. The van der Waals surface area contributed by atoms with Gasteiger partial charge in [-0.1, -0.05) is 34.1 Å². The quantitative estimate of drug-likeness (QED) is 0.339. The molecule has 3 rings (SSSR count). The summed E-state index contributed by atoms with van der Waals surface area (Å²) < 4.78 is 30.6. The normalized spacial score (nSPS) is 14.8. The molecule has 1 heterocycles. The largest absolute Gasteiger partial charge is 0.493 e. The van der Waals surface area contributed by atoms with E-state index in [0.29, 0.717) is 27.1 Å². The second kappa shape index (κ2) is 10.8. The lowest BCUT2D eigenvalue weighted by Gasteiger charge is -2.14. The van der Waals surface area contributed by atoms with Crippen LogP contribution in [-0.2, 0) is 20.9 Å². The number of benzene rings is 2. The van der Waals surface area contributed by atoms with Gasteiger partial charge in [0.25, 0.3) is 11.1 Å². The van der Waals surface area contributed by atoms with E-state index in [4.69, 9.17) is 14.2 Å². The Kier molecular flexibility index (Phi) is 8.15. The fourth-order valence-electron chi connectivity index (χ4n) is 2.91. The maximum Gasteiger partial charge on any atom is 0.326 e. The molecular formula is C23H21BrFNO6S. The summed E-state index contributed by atoms with van der Waals surface area (Å²) >= 11 is 4.16. The highest BCUT2D eigenvalue weighted by atomic mass is 79.9. The van der Waals surface area contributed by atoms with Crippen LogP contribution in [0.4, 0.5) is 9.18 Å². The van der Waals surface area contributed by atoms with Gasteiger partial charge in [0.15, 0.2) is 11.5 Å². The predicted molar refractivity (Wildman–Crippen MR) is 125 cm³/mol. The van der Waals surface area contributed by atoms with E-state index < -0.39 is 23.7 Å². The van der Waals surface area contributed by atoms with Crippen molar-refractivity contribution in [3.8, 4) is 11.5 Å². The van der Waals surface area contributed by atoms with Gasteiger partial charge in [-0.05, 0) is 55.4 Å². The number of carbonyl (C=O) groups excluding carboxylic acids is 3. The number of rotatable bonds is 8. The standard InChI is InChI=1S/C23H21BrFNO6S/c1-13(2)32-21(27)11-26-22(28)20(33-23(26)29)9-15-8-18(30-3)19(10-16(15)24)31-12-14-6-4-5-7-17(14)25/h4-10,13H,11-12H2,1-3H3/b20-9+. The molecule has 174 valence electrons. The topological polar surface area (TPSA) is 82.1 Å². The molecule has 7 nitrogen and oxygen atoms in total. The summed E-state index contributed by atoms with van der Waals surface area (Å²) in [6.45, 7) is 2.91. The molecule has 0 spiro atoms. The van der Waals surface area contributed by atoms with Gasteiger partial charge in [-0.2, -0.15) is 0 Å². The molecule has 1 aliphatic heterocycles. The second-order valence-corrected chi connectivity index (χ2v) is 9.06. The zero-order valence-electron chi connectivity index (χ0n) is 18.1. The highest BCUT2D eigenvalue weighted by molar-refractivity contribution is 9.10. The van der Waals surface area contributed by atoms with Gasteiger partial charge in [0.1, 0.15) is 19.0 Å². The minimum absolute atomic E-state index is 0.000184. The van der Waals surface area contributed by atoms with Crippen LogP contribution in [-0.4, -0.2) is 41.8 Å². The van der Waals surface area contributed by atoms with E-state index >= 15 is 0 Å². The molecule has 0 aliphatic carbocycles. The van der Waals surface area contributed by atoms with Crippen LogP contribution in [0.3, 0.4) is 0 Å². The van der Waals surface area contributed by atoms with Crippen LogP contribution in [0.25, 0.3) is 6.08 Å². The van der Waals surface area contributed by atoms with Gasteiger partial charge in [-0.15, -0.1) is 0 Å². The Balaban J connectivity index is 1.79. The fourth-order valence-corrected chi connectivity index (χ4v) is 4.18.